The Bertz CT molecular complexity index is 325. The second-order valence-electron chi connectivity index (χ2n) is 5.94. The predicted molar refractivity (Wildman–Crippen MR) is 62.6 cm³/mol. The average Bonchev–Trinajstić information content (AvgIpc) is 2.11. The minimum atomic E-state index is -4.35. The van der Waals surface area contributed by atoms with Crippen molar-refractivity contribution in [3.63, 3.8) is 0 Å². The number of ether oxygens (including phenoxy) is 1. The van der Waals surface area contributed by atoms with Gasteiger partial charge in [-0.3, -0.25) is 0 Å². The van der Waals surface area contributed by atoms with Crippen molar-refractivity contribution in [1.29, 1.82) is 0 Å². The van der Waals surface area contributed by atoms with Crippen molar-refractivity contribution in [3.05, 3.63) is 0 Å². The number of rotatable bonds is 1. The van der Waals surface area contributed by atoms with Gasteiger partial charge in [-0.15, -0.1) is 0 Å². The van der Waals surface area contributed by atoms with E-state index in [1.807, 2.05) is 0 Å². The van der Waals surface area contributed by atoms with Gasteiger partial charge in [-0.05, 0) is 40.0 Å². The van der Waals surface area contributed by atoms with Crippen LogP contribution in [0.3, 0.4) is 0 Å². The third kappa shape index (κ3) is 5.67. The maximum absolute atomic E-state index is 12.6. The molecule has 0 radical (unpaired) electrons. The highest BCUT2D eigenvalue weighted by atomic mass is 19.4. The van der Waals surface area contributed by atoms with Crippen LogP contribution in [0.1, 0.15) is 40.0 Å². The van der Waals surface area contributed by atoms with Gasteiger partial charge in [0.25, 0.3) is 0 Å². The van der Waals surface area contributed by atoms with Crippen LogP contribution in [0.5, 0.6) is 0 Å². The summed E-state index contributed by atoms with van der Waals surface area (Å²) in [6, 6.07) is -0.717. The van der Waals surface area contributed by atoms with Crippen molar-refractivity contribution in [2.24, 2.45) is 5.92 Å². The molecule has 1 aliphatic rings. The molecule has 1 aliphatic carbocycles. The molecule has 4 nitrogen and oxygen atoms in total. The van der Waals surface area contributed by atoms with Crippen LogP contribution in [-0.4, -0.2) is 35.1 Å². The molecule has 0 aromatic carbocycles. The lowest BCUT2D eigenvalue weighted by atomic mass is 9.83. The summed E-state index contributed by atoms with van der Waals surface area (Å²) in [4.78, 5) is 11.5. The maximum atomic E-state index is 12.6. The van der Waals surface area contributed by atoms with Gasteiger partial charge in [0.15, 0.2) is 0 Å². The number of nitrogens with one attached hydrogen (secondary N) is 1. The fraction of sp³-hybridized carbons (Fsp3) is 0.917. The monoisotopic (exact) mass is 283 g/mol. The summed E-state index contributed by atoms with van der Waals surface area (Å²) >= 11 is 0. The Labute approximate surface area is 110 Å². The third-order valence-electron chi connectivity index (χ3n) is 2.87. The van der Waals surface area contributed by atoms with Crippen molar-refractivity contribution in [2.45, 2.75) is 64.0 Å². The van der Waals surface area contributed by atoms with Gasteiger partial charge in [-0.1, -0.05) is 0 Å². The van der Waals surface area contributed by atoms with E-state index in [0.717, 1.165) is 0 Å². The van der Waals surface area contributed by atoms with E-state index >= 15 is 0 Å². The zero-order valence-corrected chi connectivity index (χ0v) is 11.3. The van der Waals surface area contributed by atoms with Crippen molar-refractivity contribution >= 4 is 6.09 Å². The summed E-state index contributed by atoms with van der Waals surface area (Å²) < 4.78 is 42.9. The molecule has 0 heterocycles. The molecule has 3 atom stereocenters. The molecule has 1 fully saturated rings. The maximum Gasteiger partial charge on any atom is 0.407 e. The number of halogens is 3. The number of alkyl halides is 3. The summed E-state index contributed by atoms with van der Waals surface area (Å²) in [6.45, 7) is 5.00. The Kier molecular flexibility index (Phi) is 4.71. The van der Waals surface area contributed by atoms with Gasteiger partial charge in [0.2, 0.25) is 0 Å². The van der Waals surface area contributed by atoms with Crippen LogP contribution >= 0.6 is 0 Å². The second kappa shape index (κ2) is 5.56. The largest absolute Gasteiger partial charge is 0.444 e. The number of hydrogen-bond donors (Lipinski definition) is 2. The van der Waals surface area contributed by atoms with E-state index in [1.165, 1.54) is 0 Å². The van der Waals surface area contributed by atoms with Crippen LogP contribution in [0, 0.1) is 5.92 Å². The molecule has 0 unspecified atom stereocenters. The Morgan fingerprint density at radius 1 is 1.21 bits per heavy atom. The smallest absolute Gasteiger partial charge is 0.407 e. The number of aliphatic hydroxyl groups is 1. The van der Waals surface area contributed by atoms with Crippen LogP contribution in [0.4, 0.5) is 18.0 Å². The van der Waals surface area contributed by atoms with Crippen molar-refractivity contribution in [2.75, 3.05) is 0 Å². The molecule has 1 amide bonds. The Morgan fingerprint density at radius 2 is 1.79 bits per heavy atom. The van der Waals surface area contributed by atoms with Gasteiger partial charge in [0, 0.05) is 6.04 Å². The van der Waals surface area contributed by atoms with Crippen molar-refractivity contribution in [1.82, 2.24) is 5.32 Å². The van der Waals surface area contributed by atoms with Crippen LogP contribution in [0.2, 0.25) is 0 Å². The average molecular weight is 283 g/mol. The molecule has 7 heteroatoms. The SMILES string of the molecule is CC(C)(C)OC(=O)N[C@@H]1C[C@@H](O)C[C@@H](C(F)(F)F)C1. The number of carbonyl (C=O) groups is 1. The zero-order valence-electron chi connectivity index (χ0n) is 11.3. The number of hydrogen-bond acceptors (Lipinski definition) is 3. The summed E-state index contributed by atoms with van der Waals surface area (Å²) in [5, 5.41) is 11.9. The van der Waals surface area contributed by atoms with E-state index in [4.69, 9.17) is 4.74 Å². The van der Waals surface area contributed by atoms with E-state index in [2.05, 4.69) is 5.32 Å². The fourth-order valence-corrected chi connectivity index (χ4v) is 2.15. The topological polar surface area (TPSA) is 58.6 Å². The highest BCUT2D eigenvalue weighted by Gasteiger charge is 2.45. The lowest BCUT2D eigenvalue weighted by Gasteiger charge is -2.34. The Morgan fingerprint density at radius 3 is 2.26 bits per heavy atom. The number of alkyl carbamates (subject to hydrolysis) is 1. The molecule has 0 aromatic heterocycles. The molecule has 0 saturated heterocycles. The van der Waals surface area contributed by atoms with Gasteiger partial charge < -0.3 is 15.2 Å². The third-order valence-corrected chi connectivity index (χ3v) is 2.87. The highest BCUT2D eigenvalue weighted by Crippen LogP contribution is 2.37. The number of amides is 1. The number of carbonyl (C=O) groups excluding carboxylic acids is 1. The molecular weight excluding hydrogens is 263 g/mol. The molecule has 112 valence electrons. The lowest BCUT2D eigenvalue weighted by molar-refractivity contribution is -0.191. The summed E-state index contributed by atoms with van der Waals surface area (Å²) in [6.07, 6.45) is -6.58. The Balaban J connectivity index is 2.56. The van der Waals surface area contributed by atoms with E-state index in [0.29, 0.717) is 0 Å². The minimum absolute atomic E-state index is 0.117. The lowest BCUT2D eigenvalue weighted by Crippen LogP contribution is -2.47. The van der Waals surface area contributed by atoms with Gasteiger partial charge in [-0.2, -0.15) is 13.2 Å². The van der Waals surface area contributed by atoms with Gasteiger partial charge in [-0.25, -0.2) is 4.79 Å². The van der Waals surface area contributed by atoms with Crippen molar-refractivity contribution in [3.8, 4) is 0 Å². The highest BCUT2D eigenvalue weighted by molar-refractivity contribution is 5.68. The Hall–Kier alpha value is -0.980. The standard InChI is InChI=1S/C12H20F3NO3/c1-11(2,3)19-10(18)16-8-4-7(12(13,14)15)5-9(17)6-8/h7-9,17H,4-6H2,1-3H3,(H,16,18)/t7-,8-,9-/m0/s1. The molecule has 19 heavy (non-hydrogen) atoms. The first-order valence-electron chi connectivity index (χ1n) is 6.21. The van der Waals surface area contributed by atoms with E-state index in [1.54, 1.807) is 20.8 Å². The first kappa shape index (κ1) is 16.1. The molecular formula is C12H20F3NO3. The zero-order chi connectivity index (χ0) is 14.8. The molecule has 1 saturated carbocycles. The quantitative estimate of drug-likeness (QED) is 0.777. The first-order valence-corrected chi connectivity index (χ1v) is 6.21. The molecule has 0 bridgehead atoms. The number of aliphatic hydroxyl groups excluding tert-OH is 1. The van der Waals surface area contributed by atoms with Gasteiger partial charge in [0.1, 0.15) is 5.60 Å². The second-order valence-corrected chi connectivity index (χ2v) is 5.94. The van der Waals surface area contributed by atoms with Crippen LogP contribution in [-0.2, 0) is 4.74 Å². The minimum Gasteiger partial charge on any atom is -0.444 e. The van der Waals surface area contributed by atoms with E-state index in [9.17, 15) is 23.1 Å². The molecule has 0 aliphatic heterocycles. The summed E-state index contributed by atoms with van der Waals surface area (Å²) in [7, 11) is 0. The molecule has 2 N–H and O–H groups in total. The van der Waals surface area contributed by atoms with Crippen LogP contribution < -0.4 is 5.32 Å². The van der Waals surface area contributed by atoms with Gasteiger partial charge >= 0.3 is 12.3 Å². The molecule has 0 spiro atoms. The van der Waals surface area contributed by atoms with Crippen LogP contribution in [0.15, 0.2) is 0 Å². The van der Waals surface area contributed by atoms with Crippen molar-refractivity contribution < 1.29 is 27.8 Å². The molecule has 0 aromatic rings. The van der Waals surface area contributed by atoms with Crippen LogP contribution in [0.25, 0.3) is 0 Å². The predicted octanol–water partition coefficient (Wildman–Crippen LogP) is 2.60. The molecule has 1 rings (SSSR count). The van der Waals surface area contributed by atoms with E-state index < -0.39 is 35.9 Å². The fourth-order valence-electron chi connectivity index (χ4n) is 2.15. The first-order chi connectivity index (χ1) is 8.47. The van der Waals surface area contributed by atoms with E-state index in [-0.39, 0.29) is 19.3 Å². The normalized spacial score (nSPS) is 28.9. The van der Waals surface area contributed by atoms with Gasteiger partial charge in [0.05, 0.1) is 12.0 Å². The summed E-state index contributed by atoms with van der Waals surface area (Å²) in [5.41, 5.74) is -0.708. The summed E-state index contributed by atoms with van der Waals surface area (Å²) in [5.74, 6) is -1.59.